The van der Waals surface area contributed by atoms with E-state index >= 15 is 0 Å². The Morgan fingerprint density at radius 1 is 1.10 bits per heavy atom. The average molecular weight is 400 g/mol. The van der Waals surface area contributed by atoms with Crippen LogP contribution in [0.2, 0.25) is 0 Å². The molecule has 6 heteroatoms. The maximum Gasteiger partial charge on any atom is 0.227 e. The number of nitrogens with zero attached hydrogens (tertiary/aromatic N) is 3. The zero-order chi connectivity index (χ0) is 20.5. The zero-order valence-electron chi connectivity index (χ0n) is 17.7. The van der Waals surface area contributed by atoms with Crippen molar-refractivity contribution in [3.63, 3.8) is 0 Å². The number of aromatic nitrogens is 2. The highest BCUT2D eigenvalue weighted by Gasteiger charge is 2.17. The van der Waals surface area contributed by atoms with Crippen molar-refractivity contribution >= 4 is 5.91 Å². The number of carbonyl (C=O) groups is 1. The number of carbonyl (C=O) groups excluding carboxylic acids is 1. The van der Waals surface area contributed by atoms with Gasteiger partial charge in [0, 0.05) is 25.3 Å². The lowest BCUT2D eigenvalue weighted by Crippen LogP contribution is -2.35. The first-order valence-electron chi connectivity index (χ1n) is 10.9. The molecular formula is C23H33N3O3. The van der Waals surface area contributed by atoms with Gasteiger partial charge in [-0.2, -0.15) is 4.98 Å². The Hall–Kier alpha value is -2.37. The molecule has 1 aliphatic heterocycles. The molecule has 0 atom stereocenters. The molecule has 1 aromatic heterocycles. The normalized spacial score (nSPS) is 16.3. The Morgan fingerprint density at radius 2 is 1.90 bits per heavy atom. The third-order valence-electron chi connectivity index (χ3n) is 5.37. The van der Waals surface area contributed by atoms with Crippen molar-refractivity contribution in [2.24, 2.45) is 0 Å². The lowest BCUT2D eigenvalue weighted by Gasteiger charge is -2.23. The Bertz CT molecular complexity index is 772. The van der Waals surface area contributed by atoms with Crippen LogP contribution in [0.25, 0.3) is 0 Å². The van der Waals surface area contributed by atoms with Gasteiger partial charge < -0.3 is 14.2 Å². The maximum absolute atomic E-state index is 12.8. The summed E-state index contributed by atoms with van der Waals surface area (Å²) in [6.07, 6.45) is 7.75. The van der Waals surface area contributed by atoms with Crippen LogP contribution in [0.3, 0.4) is 0 Å². The fraction of sp³-hybridized carbons (Fsp3) is 0.609. The van der Waals surface area contributed by atoms with Gasteiger partial charge in [-0.3, -0.25) is 4.79 Å². The molecule has 0 saturated heterocycles. The van der Waals surface area contributed by atoms with Crippen molar-refractivity contribution in [1.82, 2.24) is 15.0 Å². The Labute approximate surface area is 173 Å². The van der Waals surface area contributed by atoms with Crippen LogP contribution in [0.4, 0.5) is 0 Å². The SMILES string of the molecule is CC(C)c1noc(CCC(=O)N2CCCCCCCc3ccccc3OCC2)n1. The molecule has 0 aliphatic carbocycles. The van der Waals surface area contributed by atoms with E-state index in [1.807, 2.05) is 30.9 Å². The predicted octanol–water partition coefficient (Wildman–Crippen LogP) is 4.54. The first-order chi connectivity index (χ1) is 14.1. The number of ether oxygens (including phenoxy) is 1. The highest BCUT2D eigenvalue weighted by atomic mass is 16.5. The van der Waals surface area contributed by atoms with Crippen LogP contribution >= 0.6 is 0 Å². The second-order valence-electron chi connectivity index (χ2n) is 8.06. The molecule has 2 aromatic rings. The van der Waals surface area contributed by atoms with Crippen LogP contribution in [0.15, 0.2) is 28.8 Å². The molecule has 0 bridgehead atoms. The van der Waals surface area contributed by atoms with Crippen molar-refractivity contribution in [2.75, 3.05) is 19.7 Å². The summed E-state index contributed by atoms with van der Waals surface area (Å²) in [5.74, 6) is 2.54. The van der Waals surface area contributed by atoms with E-state index in [9.17, 15) is 4.79 Å². The second-order valence-corrected chi connectivity index (χ2v) is 8.06. The largest absolute Gasteiger partial charge is 0.491 e. The summed E-state index contributed by atoms with van der Waals surface area (Å²) < 4.78 is 11.3. The molecule has 0 fully saturated rings. The lowest BCUT2D eigenvalue weighted by atomic mass is 10.0. The van der Waals surface area contributed by atoms with Gasteiger partial charge >= 0.3 is 0 Å². The molecule has 0 radical (unpaired) electrons. The van der Waals surface area contributed by atoms with Crippen LogP contribution < -0.4 is 4.74 Å². The smallest absolute Gasteiger partial charge is 0.227 e. The highest BCUT2D eigenvalue weighted by Crippen LogP contribution is 2.21. The average Bonchev–Trinajstić information content (AvgIpc) is 3.20. The molecule has 0 N–H and O–H groups in total. The monoisotopic (exact) mass is 399 g/mol. The van der Waals surface area contributed by atoms with E-state index in [-0.39, 0.29) is 11.8 Å². The minimum Gasteiger partial charge on any atom is -0.491 e. The summed E-state index contributed by atoms with van der Waals surface area (Å²) in [4.78, 5) is 19.1. The number of amides is 1. The molecule has 0 saturated carbocycles. The number of fused-ring (bicyclic) bond motifs is 1. The zero-order valence-corrected chi connectivity index (χ0v) is 17.7. The Kier molecular flexibility index (Phi) is 8.08. The van der Waals surface area contributed by atoms with E-state index in [1.165, 1.54) is 24.8 Å². The third-order valence-corrected chi connectivity index (χ3v) is 5.37. The summed E-state index contributed by atoms with van der Waals surface area (Å²) >= 11 is 0. The minimum atomic E-state index is 0.126. The summed E-state index contributed by atoms with van der Waals surface area (Å²) in [7, 11) is 0. The number of hydrogen-bond donors (Lipinski definition) is 0. The molecule has 6 nitrogen and oxygen atoms in total. The van der Waals surface area contributed by atoms with Crippen molar-refractivity contribution in [3.8, 4) is 5.75 Å². The van der Waals surface area contributed by atoms with E-state index in [1.54, 1.807) is 0 Å². The van der Waals surface area contributed by atoms with E-state index in [0.717, 1.165) is 31.6 Å². The summed E-state index contributed by atoms with van der Waals surface area (Å²) in [5.41, 5.74) is 1.27. The van der Waals surface area contributed by atoms with Gasteiger partial charge in [-0.15, -0.1) is 0 Å². The van der Waals surface area contributed by atoms with E-state index in [4.69, 9.17) is 9.26 Å². The van der Waals surface area contributed by atoms with Gasteiger partial charge in [-0.05, 0) is 30.9 Å². The van der Waals surface area contributed by atoms with Crippen LogP contribution in [0, 0.1) is 0 Å². The van der Waals surface area contributed by atoms with Gasteiger partial charge in [0.25, 0.3) is 0 Å². The van der Waals surface area contributed by atoms with Gasteiger partial charge in [0.2, 0.25) is 11.8 Å². The van der Waals surface area contributed by atoms with Gasteiger partial charge in [0.1, 0.15) is 12.4 Å². The molecular weight excluding hydrogens is 366 g/mol. The number of hydrogen-bond acceptors (Lipinski definition) is 5. The fourth-order valence-electron chi connectivity index (χ4n) is 3.60. The minimum absolute atomic E-state index is 0.126. The fourth-order valence-corrected chi connectivity index (χ4v) is 3.60. The Morgan fingerprint density at radius 3 is 2.72 bits per heavy atom. The molecule has 1 aromatic carbocycles. The molecule has 29 heavy (non-hydrogen) atoms. The van der Waals surface area contributed by atoms with Gasteiger partial charge in [-0.25, -0.2) is 0 Å². The van der Waals surface area contributed by atoms with Crippen LogP contribution in [0.5, 0.6) is 5.75 Å². The van der Waals surface area contributed by atoms with Crippen molar-refractivity contribution < 1.29 is 14.1 Å². The van der Waals surface area contributed by atoms with Gasteiger partial charge in [-0.1, -0.05) is 56.5 Å². The second kappa shape index (κ2) is 11.0. The first kappa shape index (κ1) is 21.3. The topological polar surface area (TPSA) is 68.5 Å². The quantitative estimate of drug-likeness (QED) is 0.755. The number of para-hydroxylation sites is 1. The number of aryl methyl sites for hydroxylation is 2. The predicted molar refractivity (Wildman–Crippen MR) is 112 cm³/mol. The molecule has 158 valence electrons. The highest BCUT2D eigenvalue weighted by molar-refractivity contribution is 5.76. The molecule has 0 spiro atoms. The number of rotatable bonds is 4. The third kappa shape index (κ3) is 6.58. The molecule has 3 rings (SSSR count). The summed E-state index contributed by atoms with van der Waals surface area (Å²) in [5, 5.41) is 3.97. The Balaban J connectivity index is 1.57. The molecule has 1 amide bonds. The van der Waals surface area contributed by atoms with Gasteiger partial charge in [0.05, 0.1) is 6.54 Å². The van der Waals surface area contributed by atoms with E-state index in [0.29, 0.717) is 37.7 Å². The van der Waals surface area contributed by atoms with Crippen LogP contribution in [-0.4, -0.2) is 40.6 Å². The number of benzene rings is 1. The molecule has 0 unspecified atom stereocenters. The van der Waals surface area contributed by atoms with E-state index < -0.39 is 0 Å². The standard InChI is InChI=1S/C23H33N3O3/c1-18(2)23-24-21(29-25-23)13-14-22(27)26-15-9-5-3-4-6-10-19-11-7-8-12-20(19)28-17-16-26/h7-8,11-12,18H,3-6,9-10,13-17H2,1-2H3. The first-order valence-corrected chi connectivity index (χ1v) is 10.9. The van der Waals surface area contributed by atoms with Crippen LogP contribution in [-0.2, 0) is 17.6 Å². The lowest BCUT2D eigenvalue weighted by molar-refractivity contribution is -0.131. The van der Waals surface area contributed by atoms with Crippen molar-refractivity contribution in [3.05, 3.63) is 41.5 Å². The molecule has 2 heterocycles. The van der Waals surface area contributed by atoms with Gasteiger partial charge in [0.15, 0.2) is 5.82 Å². The van der Waals surface area contributed by atoms with Crippen molar-refractivity contribution in [1.29, 1.82) is 0 Å². The van der Waals surface area contributed by atoms with E-state index in [2.05, 4.69) is 22.3 Å². The van der Waals surface area contributed by atoms with Crippen molar-refractivity contribution in [2.45, 2.75) is 71.1 Å². The maximum atomic E-state index is 12.8. The summed E-state index contributed by atoms with van der Waals surface area (Å²) in [6.45, 7) is 5.95. The van der Waals surface area contributed by atoms with Crippen LogP contribution in [0.1, 0.15) is 75.6 Å². The molecule has 1 aliphatic rings. The summed E-state index contributed by atoms with van der Waals surface area (Å²) in [6, 6.07) is 8.25.